The number of anilines is 1. The number of hydrogen-bond acceptors (Lipinski definition) is 2. The zero-order valence-electron chi connectivity index (χ0n) is 12.6. The van der Waals surface area contributed by atoms with Crippen LogP contribution in [0.4, 0.5) is 10.1 Å². The third-order valence-corrected chi connectivity index (χ3v) is 4.37. The summed E-state index contributed by atoms with van der Waals surface area (Å²) in [5, 5.41) is 9.18. The predicted octanol–water partition coefficient (Wildman–Crippen LogP) is 4.35. The minimum Gasteiger partial charge on any atom is -0.370 e. The number of benzene rings is 1. The summed E-state index contributed by atoms with van der Waals surface area (Å²) in [6, 6.07) is 6.64. The number of hydrogen-bond donors (Lipinski definition) is 0. The molecule has 1 aromatic carbocycles. The highest BCUT2D eigenvalue weighted by atomic mass is 19.1. The Morgan fingerprint density at radius 3 is 2.65 bits per heavy atom. The summed E-state index contributed by atoms with van der Waals surface area (Å²) in [5.41, 5.74) is 1.65. The number of nitrogens with zero attached hydrogens (tertiary/aromatic N) is 2. The monoisotopic (exact) mass is 274 g/mol. The van der Waals surface area contributed by atoms with Crippen LogP contribution >= 0.6 is 0 Å². The van der Waals surface area contributed by atoms with Crippen molar-refractivity contribution in [2.24, 2.45) is 11.3 Å². The molecule has 0 spiro atoms. The van der Waals surface area contributed by atoms with Crippen molar-refractivity contribution < 1.29 is 4.39 Å². The molecule has 2 nitrogen and oxygen atoms in total. The van der Waals surface area contributed by atoms with Crippen LogP contribution in [0, 0.1) is 28.5 Å². The van der Waals surface area contributed by atoms with Crippen molar-refractivity contribution in [1.82, 2.24) is 0 Å². The maximum absolute atomic E-state index is 13.2. The smallest absolute Gasteiger partial charge is 0.124 e. The molecule has 1 aromatic rings. The first-order valence-corrected chi connectivity index (χ1v) is 7.36. The van der Waals surface area contributed by atoms with Gasteiger partial charge in [-0.3, -0.25) is 0 Å². The second-order valence-electron chi connectivity index (χ2n) is 6.75. The average molecular weight is 274 g/mol. The molecule has 2 rings (SSSR count). The van der Waals surface area contributed by atoms with Crippen LogP contribution in [-0.2, 0) is 0 Å². The highest BCUT2D eigenvalue weighted by Gasteiger charge is 2.27. The van der Waals surface area contributed by atoms with Gasteiger partial charge in [-0.15, -0.1) is 0 Å². The molecule has 3 heteroatoms. The number of rotatable bonds is 1. The van der Waals surface area contributed by atoms with E-state index in [1.54, 1.807) is 6.07 Å². The van der Waals surface area contributed by atoms with E-state index in [0.717, 1.165) is 31.6 Å². The van der Waals surface area contributed by atoms with Crippen molar-refractivity contribution in [3.63, 3.8) is 0 Å². The molecule has 0 aromatic heterocycles. The third kappa shape index (κ3) is 3.30. The van der Waals surface area contributed by atoms with Crippen molar-refractivity contribution in [3.05, 3.63) is 29.6 Å². The average Bonchev–Trinajstić information content (AvgIpc) is 2.63. The summed E-state index contributed by atoms with van der Waals surface area (Å²) in [4.78, 5) is 2.24. The Hall–Kier alpha value is -1.56. The molecular weight excluding hydrogens is 251 g/mol. The lowest BCUT2D eigenvalue weighted by Crippen LogP contribution is -2.26. The molecule has 20 heavy (non-hydrogen) atoms. The van der Waals surface area contributed by atoms with Gasteiger partial charge in [0, 0.05) is 13.1 Å². The molecule has 0 saturated carbocycles. The first kappa shape index (κ1) is 14.8. The Labute approximate surface area is 121 Å². The van der Waals surface area contributed by atoms with E-state index in [1.807, 2.05) is 0 Å². The summed E-state index contributed by atoms with van der Waals surface area (Å²) in [6.07, 6.45) is 3.49. The van der Waals surface area contributed by atoms with Gasteiger partial charge in [0.15, 0.2) is 0 Å². The molecule has 0 bridgehead atoms. The van der Waals surface area contributed by atoms with Crippen LogP contribution in [-0.4, -0.2) is 13.1 Å². The Morgan fingerprint density at radius 2 is 2.00 bits per heavy atom. The molecule has 0 N–H and O–H groups in total. The lowest BCUT2D eigenvalue weighted by Gasteiger charge is -2.30. The van der Waals surface area contributed by atoms with Crippen molar-refractivity contribution in [2.75, 3.05) is 18.0 Å². The Bertz CT molecular complexity index is 511. The van der Waals surface area contributed by atoms with Gasteiger partial charge >= 0.3 is 0 Å². The fourth-order valence-corrected chi connectivity index (χ4v) is 3.08. The van der Waals surface area contributed by atoms with Crippen LogP contribution < -0.4 is 4.90 Å². The molecular formula is C17H23FN2. The molecule has 1 aliphatic heterocycles. The highest BCUT2D eigenvalue weighted by molar-refractivity contribution is 5.59. The van der Waals surface area contributed by atoms with Gasteiger partial charge in [-0.05, 0) is 48.8 Å². The SMILES string of the molecule is CC(C)(C)C1CCCN(c2ccc(F)cc2C#N)CC1. The topological polar surface area (TPSA) is 27.0 Å². The minimum atomic E-state index is -0.340. The largest absolute Gasteiger partial charge is 0.370 e. The van der Waals surface area contributed by atoms with Crippen LogP contribution in [0.15, 0.2) is 18.2 Å². The normalized spacial score (nSPS) is 20.4. The molecule has 0 radical (unpaired) electrons. The summed E-state index contributed by atoms with van der Waals surface area (Å²) < 4.78 is 13.2. The second kappa shape index (κ2) is 5.83. The van der Waals surface area contributed by atoms with E-state index < -0.39 is 0 Å². The third-order valence-electron chi connectivity index (χ3n) is 4.37. The van der Waals surface area contributed by atoms with E-state index in [4.69, 9.17) is 0 Å². The van der Waals surface area contributed by atoms with Gasteiger partial charge < -0.3 is 4.90 Å². The molecule has 108 valence electrons. The number of halogens is 1. The van der Waals surface area contributed by atoms with Gasteiger partial charge in [0.05, 0.1) is 11.3 Å². The molecule has 0 amide bonds. The summed E-state index contributed by atoms with van der Waals surface area (Å²) in [7, 11) is 0. The van der Waals surface area contributed by atoms with E-state index in [9.17, 15) is 9.65 Å². The van der Waals surface area contributed by atoms with Gasteiger partial charge in [0.2, 0.25) is 0 Å². The van der Waals surface area contributed by atoms with Gasteiger partial charge in [-0.2, -0.15) is 5.26 Å². The Morgan fingerprint density at radius 1 is 1.25 bits per heavy atom. The highest BCUT2D eigenvalue weighted by Crippen LogP contribution is 2.35. The van der Waals surface area contributed by atoms with Gasteiger partial charge in [-0.25, -0.2) is 4.39 Å². The first-order chi connectivity index (χ1) is 9.41. The second-order valence-corrected chi connectivity index (χ2v) is 6.75. The summed E-state index contributed by atoms with van der Waals surface area (Å²) >= 11 is 0. The van der Waals surface area contributed by atoms with Gasteiger partial charge in [-0.1, -0.05) is 20.8 Å². The maximum atomic E-state index is 13.2. The predicted molar refractivity (Wildman–Crippen MR) is 80.1 cm³/mol. The number of nitriles is 1. The van der Waals surface area contributed by atoms with Crippen LogP contribution in [0.2, 0.25) is 0 Å². The van der Waals surface area contributed by atoms with Crippen molar-refractivity contribution in [3.8, 4) is 6.07 Å². The fourth-order valence-electron chi connectivity index (χ4n) is 3.08. The molecule has 0 aliphatic carbocycles. The van der Waals surface area contributed by atoms with Crippen molar-refractivity contribution in [2.45, 2.75) is 40.0 Å². The van der Waals surface area contributed by atoms with Crippen molar-refractivity contribution >= 4 is 5.69 Å². The molecule has 1 fully saturated rings. The molecule has 1 unspecified atom stereocenters. The van der Waals surface area contributed by atoms with E-state index in [1.165, 1.54) is 18.6 Å². The van der Waals surface area contributed by atoms with Crippen LogP contribution in [0.25, 0.3) is 0 Å². The molecule has 1 heterocycles. The first-order valence-electron chi connectivity index (χ1n) is 7.36. The molecule has 1 saturated heterocycles. The quantitative estimate of drug-likeness (QED) is 0.761. The van der Waals surface area contributed by atoms with Crippen LogP contribution in [0.3, 0.4) is 0 Å². The fraction of sp³-hybridized carbons (Fsp3) is 0.588. The maximum Gasteiger partial charge on any atom is 0.124 e. The lowest BCUT2D eigenvalue weighted by molar-refractivity contribution is 0.220. The zero-order valence-corrected chi connectivity index (χ0v) is 12.6. The molecule has 1 aliphatic rings. The Kier molecular flexibility index (Phi) is 4.32. The van der Waals surface area contributed by atoms with E-state index >= 15 is 0 Å². The van der Waals surface area contributed by atoms with E-state index in [-0.39, 0.29) is 5.82 Å². The standard InChI is InChI=1S/C17H23FN2/c1-17(2,3)14-5-4-9-20(10-8-14)16-7-6-15(18)11-13(16)12-19/h6-7,11,14H,4-5,8-10H2,1-3H3. The summed E-state index contributed by atoms with van der Waals surface area (Å²) in [6.45, 7) is 8.79. The van der Waals surface area contributed by atoms with Crippen LogP contribution in [0.5, 0.6) is 0 Å². The van der Waals surface area contributed by atoms with Crippen molar-refractivity contribution in [1.29, 1.82) is 5.26 Å². The van der Waals surface area contributed by atoms with E-state index in [0.29, 0.717) is 16.9 Å². The van der Waals surface area contributed by atoms with E-state index in [2.05, 4.69) is 31.7 Å². The lowest BCUT2D eigenvalue weighted by atomic mass is 9.77. The van der Waals surface area contributed by atoms with Crippen LogP contribution in [0.1, 0.15) is 45.6 Å². The Balaban J connectivity index is 2.17. The zero-order chi connectivity index (χ0) is 14.8. The summed E-state index contributed by atoms with van der Waals surface area (Å²) in [5.74, 6) is 0.367. The minimum absolute atomic E-state index is 0.330. The van der Waals surface area contributed by atoms with Gasteiger partial charge in [0.25, 0.3) is 0 Å². The van der Waals surface area contributed by atoms with Gasteiger partial charge in [0.1, 0.15) is 11.9 Å². The molecule has 1 atom stereocenters.